The summed E-state index contributed by atoms with van der Waals surface area (Å²) in [4.78, 5) is 26.1. The molecule has 1 saturated carbocycles. The number of nitrogens with one attached hydrogen (secondary N) is 2. The summed E-state index contributed by atoms with van der Waals surface area (Å²) in [6, 6.07) is 5.02. The summed E-state index contributed by atoms with van der Waals surface area (Å²) in [5, 5.41) is 5.33. The van der Waals surface area contributed by atoms with Crippen LogP contribution in [-0.4, -0.2) is 42.4 Å². The third-order valence-corrected chi connectivity index (χ3v) is 4.91. The first kappa shape index (κ1) is 22.2. The van der Waals surface area contributed by atoms with Crippen molar-refractivity contribution in [3.05, 3.63) is 29.8 Å². The molecule has 0 aliphatic heterocycles. The molecule has 0 radical (unpaired) electrons. The quantitative estimate of drug-likeness (QED) is 0.686. The molecule has 1 aliphatic carbocycles. The van der Waals surface area contributed by atoms with Crippen LogP contribution in [0.2, 0.25) is 0 Å². The minimum absolute atomic E-state index is 0.0430. The number of halogens is 3. The average molecular weight is 399 g/mol. The maximum Gasteiger partial charge on any atom is 0.418 e. The number of alkyl halides is 3. The fraction of sp³-hybridized carbons (Fsp3) is 0.600. The number of para-hydroxylation sites is 1. The molecule has 1 aromatic rings. The van der Waals surface area contributed by atoms with Crippen LogP contribution in [0.1, 0.15) is 51.0 Å². The van der Waals surface area contributed by atoms with Gasteiger partial charge in [0.25, 0.3) is 0 Å². The van der Waals surface area contributed by atoms with Gasteiger partial charge in [-0.15, -0.1) is 0 Å². The van der Waals surface area contributed by atoms with E-state index in [2.05, 4.69) is 10.6 Å². The van der Waals surface area contributed by atoms with E-state index in [9.17, 15) is 22.8 Å². The summed E-state index contributed by atoms with van der Waals surface area (Å²) in [5.41, 5.74) is -1.17. The summed E-state index contributed by atoms with van der Waals surface area (Å²) in [6.07, 6.45) is 1.96. The van der Waals surface area contributed by atoms with Gasteiger partial charge in [0, 0.05) is 6.04 Å². The van der Waals surface area contributed by atoms with Gasteiger partial charge < -0.3 is 10.6 Å². The van der Waals surface area contributed by atoms with Gasteiger partial charge in [-0.2, -0.15) is 13.2 Å². The van der Waals surface area contributed by atoms with Crippen molar-refractivity contribution in [1.82, 2.24) is 10.2 Å². The Bertz CT molecular complexity index is 656. The lowest BCUT2D eigenvalue weighted by molar-refractivity contribution is -0.137. The van der Waals surface area contributed by atoms with Crippen LogP contribution < -0.4 is 10.6 Å². The van der Waals surface area contributed by atoms with E-state index in [1.54, 1.807) is 11.8 Å². The number of carbonyl (C=O) groups is 2. The fourth-order valence-electron chi connectivity index (χ4n) is 3.41. The molecular formula is C20H28F3N3O2. The van der Waals surface area contributed by atoms with Crippen molar-refractivity contribution in [1.29, 1.82) is 0 Å². The molecule has 2 N–H and O–H groups in total. The zero-order valence-electron chi connectivity index (χ0n) is 16.1. The molecule has 1 aromatic carbocycles. The lowest BCUT2D eigenvalue weighted by atomic mass is 10.1. The molecule has 0 aromatic heterocycles. The number of anilines is 1. The first-order valence-corrected chi connectivity index (χ1v) is 9.77. The fourth-order valence-corrected chi connectivity index (χ4v) is 3.41. The molecule has 0 spiro atoms. The van der Waals surface area contributed by atoms with Crippen molar-refractivity contribution in [3.63, 3.8) is 0 Å². The second-order valence-corrected chi connectivity index (χ2v) is 7.15. The first-order valence-electron chi connectivity index (χ1n) is 9.77. The van der Waals surface area contributed by atoms with E-state index in [0.717, 1.165) is 31.7 Å². The van der Waals surface area contributed by atoms with Crippen molar-refractivity contribution in [2.75, 3.05) is 25.0 Å². The van der Waals surface area contributed by atoms with Gasteiger partial charge in [-0.25, -0.2) is 0 Å². The Morgan fingerprint density at radius 1 is 1.04 bits per heavy atom. The van der Waals surface area contributed by atoms with Gasteiger partial charge in [0.15, 0.2) is 0 Å². The third kappa shape index (κ3) is 7.14. The lowest BCUT2D eigenvalue weighted by Crippen LogP contribution is -2.44. The molecule has 28 heavy (non-hydrogen) atoms. The highest BCUT2D eigenvalue weighted by Crippen LogP contribution is 2.34. The topological polar surface area (TPSA) is 61.4 Å². The molecule has 0 unspecified atom stereocenters. The second-order valence-electron chi connectivity index (χ2n) is 7.15. The van der Waals surface area contributed by atoms with E-state index in [1.807, 2.05) is 0 Å². The molecular weight excluding hydrogens is 371 g/mol. The summed E-state index contributed by atoms with van der Waals surface area (Å²) in [6.45, 7) is 2.13. The van der Waals surface area contributed by atoms with E-state index in [4.69, 9.17) is 0 Å². The van der Waals surface area contributed by atoms with E-state index >= 15 is 0 Å². The zero-order chi connectivity index (χ0) is 20.6. The summed E-state index contributed by atoms with van der Waals surface area (Å²) < 4.78 is 39.1. The van der Waals surface area contributed by atoms with Gasteiger partial charge >= 0.3 is 6.18 Å². The van der Waals surface area contributed by atoms with Gasteiger partial charge in [0.05, 0.1) is 24.3 Å². The normalized spacial score (nSPS) is 15.9. The molecule has 1 fully saturated rings. The van der Waals surface area contributed by atoms with E-state index in [0.29, 0.717) is 6.54 Å². The Morgan fingerprint density at radius 3 is 2.25 bits per heavy atom. The SMILES string of the molecule is CCN(CC(=O)Nc1ccccc1C(F)(F)F)CC(=O)NC1CCCCCC1. The predicted octanol–water partition coefficient (Wildman–Crippen LogP) is 3.80. The number of hydrogen-bond donors (Lipinski definition) is 2. The zero-order valence-corrected chi connectivity index (χ0v) is 16.1. The summed E-state index contributed by atoms with van der Waals surface area (Å²) >= 11 is 0. The largest absolute Gasteiger partial charge is 0.418 e. The van der Waals surface area contributed by atoms with Gasteiger partial charge in [-0.1, -0.05) is 44.7 Å². The highest BCUT2D eigenvalue weighted by Gasteiger charge is 2.33. The number of nitrogens with zero attached hydrogens (tertiary/aromatic N) is 1. The average Bonchev–Trinajstić information content (AvgIpc) is 2.89. The highest BCUT2D eigenvalue weighted by atomic mass is 19.4. The number of rotatable bonds is 7. The van der Waals surface area contributed by atoms with Crippen LogP contribution in [0.15, 0.2) is 24.3 Å². The molecule has 0 saturated heterocycles. The monoisotopic (exact) mass is 399 g/mol. The highest BCUT2D eigenvalue weighted by molar-refractivity contribution is 5.93. The first-order chi connectivity index (χ1) is 13.3. The molecule has 1 aliphatic rings. The Labute approximate surface area is 163 Å². The second kappa shape index (κ2) is 10.5. The number of carbonyl (C=O) groups excluding carboxylic acids is 2. The van der Waals surface area contributed by atoms with Gasteiger partial charge in [0.2, 0.25) is 11.8 Å². The molecule has 8 heteroatoms. The molecule has 0 heterocycles. The molecule has 0 atom stereocenters. The Morgan fingerprint density at radius 2 is 1.64 bits per heavy atom. The number of likely N-dealkylation sites (N-methyl/N-ethyl adjacent to an activating group) is 1. The molecule has 5 nitrogen and oxygen atoms in total. The van der Waals surface area contributed by atoms with Crippen LogP contribution in [0.4, 0.5) is 18.9 Å². The maximum absolute atomic E-state index is 13.0. The van der Waals surface area contributed by atoms with Gasteiger partial charge in [0.1, 0.15) is 0 Å². The molecule has 156 valence electrons. The Hall–Kier alpha value is -2.09. The minimum Gasteiger partial charge on any atom is -0.352 e. The van der Waals surface area contributed by atoms with Crippen LogP contribution in [0.3, 0.4) is 0 Å². The molecule has 2 rings (SSSR count). The Balaban J connectivity index is 1.88. The third-order valence-electron chi connectivity index (χ3n) is 4.91. The van der Waals surface area contributed by atoms with Crippen LogP contribution in [0.5, 0.6) is 0 Å². The van der Waals surface area contributed by atoms with Crippen molar-refractivity contribution in [2.45, 2.75) is 57.7 Å². The molecule has 0 bridgehead atoms. The van der Waals surface area contributed by atoms with Crippen molar-refractivity contribution in [3.8, 4) is 0 Å². The smallest absolute Gasteiger partial charge is 0.352 e. The van der Waals surface area contributed by atoms with Gasteiger partial charge in [-0.3, -0.25) is 14.5 Å². The standard InChI is InChI=1S/C20H28F3N3O2/c1-2-26(13-18(27)24-15-9-5-3-4-6-10-15)14-19(28)25-17-12-8-7-11-16(17)20(21,22)23/h7-8,11-12,15H,2-6,9-10,13-14H2,1H3,(H,24,27)(H,25,28). The van der Waals surface area contributed by atoms with Crippen molar-refractivity contribution < 1.29 is 22.8 Å². The maximum atomic E-state index is 13.0. The minimum atomic E-state index is -4.55. The van der Waals surface area contributed by atoms with E-state index in [1.165, 1.54) is 31.0 Å². The van der Waals surface area contributed by atoms with Crippen molar-refractivity contribution in [2.24, 2.45) is 0 Å². The van der Waals surface area contributed by atoms with E-state index < -0.39 is 17.6 Å². The summed E-state index contributed by atoms with van der Waals surface area (Å²) in [7, 11) is 0. The van der Waals surface area contributed by atoms with Crippen LogP contribution in [0, 0.1) is 0 Å². The predicted molar refractivity (Wildman–Crippen MR) is 102 cm³/mol. The number of hydrogen-bond acceptors (Lipinski definition) is 3. The van der Waals surface area contributed by atoms with E-state index in [-0.39, 0.29) is 30.7 Å². The number of amides is 2. The summed E-state index contributed by atoms with van der Waals surface area (Å²) in [5.74, 6) is -0.738. The lowest BCUT2D eigenvalue weighted by Gasteiger charge is -2.22. The van der Waals surface area contributed by atoms with Crippen LogP contribution in [-0.2, 0) is 15.8 Å². The van der Waals surface area contributed by atoms with Gasteiger partial charge in [-0.05, 0) is 31.5 Å². The van der Waals surface area contributed by atoms with Crippen molar-refractivity contribution >= 4 is 17.5 Å². The number of benzene rings is 1. The van der Waals surface area contributed by atoms with Crippen LogP contribution >= 0.6 is 0 Å². The molecule has 2 amide bonds. The van der Waals surface area contributed by atoms with Crippen LogP contribution in [0.25, 0.3) is 0 Å². The Kier molecular flexibility index (Phi) is 8.29.